The first-order valence-electron chi connectivity index (χ1n) is 22.0. The van der Waals surface area contributed by atoms with Gasteiger partial charge in [0.1, 0.15) is 23.1 Å². The van der Waals surface area contributed by atoms with E-state index in [1.54, 1.807) is 52.7 Å². The van der Waals surface area contributed by atoms with Crippen LogP contribution in [0, 0.1) is 0 Å². The van der Waals surface area contributed by atoms with Gasteiger partial charge in [-0.2, -0.15) is 0 Å². The minimum Gasteiger partial charge on any atom is -0.494 e. The van der Waals surface area contributed by atoms with Crippen LogP contribution < -0.4 is 28.4 Å². The summed E-state index contributed by atoms with van der Waals surface area (Å²) < 4.78 is 66.4. The van der Waals surface area contributed by atoms with Crippen molar-refractivity contribution in [3.8, 4) is 34.5 Å². The van der Waals surface area contributed by atoms with Gasteiger partial charge in [-0.25, -0.2) is 8.42 Å². The lowest BCUT2D eigenvalue weighted by molar-refractivity contribution is 0.225. The minimum absolute atomic E-state index is 0.0779. The summed E-state index contributed by atoms with van der Waals surface area (Å²) in [5.74, 6) is 3.98. The Morgan fingerprint density at radius 2 is 1.14 bits per heavy atom. The molecule has 0 aliphatic carbocycles. The first-order chi connectivity index (χ1) is 30.8. The molecule has 64 heavy (non-hydrogen) atoms. The summed E-state index contributed by atoms with van der Waals surface area (Å²) in [5, 5.41) is 1.19. The summed E-state index contributed by atoms with van der Waals surface area (Å²) in [6.07, 6.45) is 1.49. The summed E-state index contributed by atoms with van der Waals surface area (Å²) >= 11 is 0. The fourth-order valence-corrected chi connectivity index (χ4v) is 10.00. The highest BCUT2D eigenvalue weighted by Gasteiger charge is 2.31. The number of methoxy groups -OCH3 is 4. The number of nitrogens with zero attached hydrogens (tertiary/aromatic N) is 3. The lowest BCUT2D eigenvalue weighted by atomic mass is 10.0. The van der Waals surface area contributed by atoms with Crippen LogP contribution in [0.25, 0.3) is 10.9 Å². The van der Waals surface area contributed by atoms with Crippen LogP contribution in [0.5, 0.6) is 34.5 Å². The molecule has 2 atom stereocenters. The van der Waals surface area contributed by atoms with Gasteiger partial charge in [0, 0.05) is 42.6 Å². The fraction of sp³-hybridized carbons (Fsp3) is 0.385. The van der Waals surface area contributed by atoms with Crippen LogP contribution in [0.1, 0.15) is 80.8 Å². The zero-order valence-electron chi connectivity index (χ0n) is 39.1. The quantitative estimate of drug-likeness (QED) is 0.0578. The molecule has 12 heteroatoms. The van der Waals surface area contributed by atoms with Gasteiger partial charge in [-0.05, 0) is 136 Å². The van der Waals surface area contributed by atoms with Crippen molar-refractivity contribution in [2.24, 2.45) is 0 Å². The number of hydrogen-bond acceptors (Lipinski definition) is 10. The Morgan fingerprint density at radius 1 is 0.594 bits per heavy atom. The molecule has 0 N–H and O–H groups in total. The molecule has 0 saturated heterocycles. The Morgan fingerprint density at radius 3 is 1.69 bits per heavy atom. The molecule has 0 bridgehead atoms. The van der Waals surface area contributed by atoms with E-state index in [4.69, 9.17) is 28.4 Å². The molecular weight excluding hydrogens is 827 g/mol. The van der Waals surface area contributed by atoms with E-state index >= 15 is 8.42 Å². The first kappa shape index (κ1) is 47.8. The standard InChI is InChI=1S/C52H65N3O8S/c1-36(2)51-45-34-43(63-35-39-16-12-11-13-17-39)22-25-46(45)55(30-14-28-53(5)37(3)40-18-26-47(58-7)49(32-40)60-9)52(51)64(56,57)44-23-20-42(21-24-44)62-31-15-29-54(6)38(4)41-19-27-48(59-8)50(33-41)61-10/h11-13,16-27,32-34,36-38H,14-15,28-31,35H2,1-10H3. The highest BCUT2D eigenvalue weighted by molar-refractivity contribution is 7.91. The van der Waals surface area contributed by atoms with E-state index in [1.165, 1.54) is 0 Å². The molecule has 0 radical (unpaired) electrons. The summed E-state index contributed by atoms with van der Waals surface area (Å²) in [7, 11) is 6.73. The van der Waals surface area contributed by atoms with E-state index in [2.05, 4.69) is 63.7 Å². The van der Waals surface area contributed by atoms with Crippen LogP contribution in [0.4, 0.5) is 0 Å². The van der Waals surface area contributed by atoms with Gasteiger partial charge in [0.25, 0.3) is 0 Å². The number of fused-ring (bicyclic) bond motifs is 1. The second-order valence-electron chi connectivity index (χ2n) is 16.6. The Labute approximate surface area is 380 Å². The molecule has 6 aromatic rings. The van der Waals surface area contributed by atoms with Gasteiger partial charge in [0.05, 0.1) is 39.9 Å². The van der Waals surface area contributed by atoms with E-state index in [1.807, 2.05) is 77.4 Å². The smallest absolute Gasteiger partial charge is 0.222 e. The van der Waals surface area contributed by atoms with E-state index in [9.17, 15) is 0 Å². The maximum absolute atomic E-state index is 15.0. The molecule has 0 saturated carbocycles. The van der Waals surface area contributed by atoms with Gasteiger partial charge in [0.2, 0.25) is 9.84 Å². The number of sulfone groups is 1. The summed E-state index contributed by atoms with van der Waals surface area (Å²) in [4.78, 5) is 4.76. The topological polar surface area (TPSA) is 101 Å². The molecule has 11 nitrogen and oxygen atoms in total. The maximum Gasteiger partial charge on any atom is 0.222 e. The van der Waals surface area contributed by atoms with Crippen molar-refractivity contribution in [3.63, 3.8) is 0 Å². The highest BCUT2D eigenvalue weighted by Crippen LogP contribution is 2.40. The zero-order chi connectivity index (χ0) is 46.0. The van der Waals surface area contributed by atoms with Crippen molar-refractivity contribution in [2.45, 2.75) is 81.6 Å². The largest absolute Gasteiger partial charge is 0.494 e. The lowest BCUT2D eigenvalue weighted by Gasteiger charge is -2.26. The Bertz CT molecular complexity index is 2560. The van der Waals surface area contributed by atoms with E-state index in [-0.39, 0.29) is 22.9 Å². The van der Waals surface area contributed by atoms with E-state index < -0.39 is 9.84 Å². The van der Waals surface area contributed by atoms with Crippen LogP contribution in [0.2, 0.25) is 0 Å². The second kappa shape index (κ2) is 21.8. The summed E-state index contributed by atoms with van der Waals surface area (Å²) in [5.41, 5.74) is 4.91. The first-order valence-corrected chi connectivity index (χ1v) is 23.4. The molecule has 1 heterocycles. The predicted molar refractivity (Wildman–Crippen MR) is 255 cm³/mol. The molecule has 6 rings (SSSR count). The van der Waals surface area contributed by atoms with Gasteiger partial charge in [-0.3, -0.25) is 9.80 Å². The summed E-state index contributed by atoms with van der Waals surface area (Å²) in [6.45, 7) is 11.3. The van der Waals surface area contributed by atoms with Crippen molar-refractivity contribution in [2.75, 3.05) is 62.2 Å². The number of ether oxygens (including phenoxy) is 6. The van der Waals surface area contributed by atoms with Gasteiger partial charge >= 0.3 is 0 Å². The molecule has 0 aliphatic rings. The zero-order valence-corrected chi connectivity index (χ0v) is 39.9. The van der Waals surface area contributed by atoms with Gasteiger partial charge in [-0.15, -0.1) is 0 Å². The van der Waals surface area contributed by atoms with Crippen molar-refractivity contribution < 1.29 is 36.8 Å². The number of aryl methyl sites for hydroxylation is 1. The molecule has 1 aromatic heterocycles. The number of hydrogen-bond donors (Lipinski definition) is 0. The SMILES string of the molecule is COc1ccc(C(C)N(C)CCCOc2ccc(S(=O)(=O)c3c(C(C)C)c4cc(OCc5ccccc5)ccc4n3CCCN(C)C(C)c3ccc(OC)c(OC)c3)cc2)cc1OC. The van der Waals surface area contributed by atoms with Crippen molar-refractivity contribution >= 4 is 20.7 Å². The monoisotopic (exact) mass is 891 g/mol. The number of aromatic nitrogens is 1. The highest BCUT2D eigenvalue weighted by atomic mass is 32.2. The second-order valence-corrected chi connectivity index (χ2v) is 18.4. The molecule has 5 aromatic carbocycles. The van der Waals surface area contributed by atoms with Gasteiger partial charge < -0.3 is 33.0 Å². The van der Waals surface area contributed by atoms with E-state index in [0.717, 1.165) is 52.7 Å². The van der Waals surface area contributed by atoms with Gasteiger partial charge in [0.15, 0.2) is 23.0 Å². The third-order valence-corrected chi connectivity index (χ3v) is 14.0. The Kier molecular flexibility index (Phi) is 16.3. The fourth-order valence-electron chi connectivity index (χ4n) is 8.17. The third-order valence-electron chi connectivity index (χ3n) is 12.2. The number of rotatable bonds is 23. The van der Waals surface area contributed by atoms with E-state index in [0.29, 0.717) is 65.7 Å². The molecule has 0 aliphatic heterocycles. The van der Waals surface area contributed by atoms with Crippen LogP contribution in [0.3, 0.4) is 0 Å². The molecule has 0 spiro atoms. The van der Waals surface area contributed by atoms with Crippen molar-refractivity contribution in [3.05, 3.63) is 131 Å². The van der Waals surface area contributed by atoms with Crippen molar-refractivity contribution in [1.82, 2.24) is 14.4 Å². The van der Waals surface area contributed by atoms with Gasteiger partial charge in [-0.1, -0.05) is 56.3 Å². The average Bonchev–Trinajstić information content (AvgIpc) is 3.66. The van der Waals surface area contributed by atoms with Crippen molar-refractivity contribution in [1.29, 1.82) is 0 Å². The Balaban J connectivity index is 1.21. The third kappa shape index (κ3) is 11.0. The van der Waals surface area contributed by atoms with Crippen LogP contribution in [-0.2, 0) is 23.0 Å². The molecule has 342 valence electrons. The average molecular weight is 892 g/mol. The van der Waals surface area contributed by atoms with Crippen LogP contribution >= 0.6 is 0 Å². The minimum atomic E-state index is -3.99. The number of benzene rings is 5. The molecule has 0 fully saturated rings. The normalized spacial score (nSPS) is 12.8. The molecule has 0 amide bonds. The van der Waals surface area contributed by atoms with Crippen LogP contribution in [-0.4, -0.2) is 85.0 Å². The lowest BCUT2D eigenvalue weighted by Crippen LogP contribution is -2.25. The Hall–Kier alpha value is -5.69. The maximum atomic E-state index is 15.0. The molecule has 2 unspecified atom stereocenters. The summed E-state index contributed by atoms with van der Waals surface area (Å²) in [6, 6.07) is 35.0. The predicted octanol–water partition coefficient (Wildman–Crippen LogP) is 10.8. The van der Waals surface area contributed by atoms with Crippen LogP contribution in [0.15, 0.2) is 119 Å². The molecular formula is C52H65N3O8S.